The topological polar surface area (TPSA) is 12.0 Å². The number of halogens is 1. The summed E-state index contributed by atoms with van der Waals surface area (Å²) in [6.45, 7) is 7.98. The summed E-state index contributed by atoms with van der Waals surface area (Å²) in [5.41, 5.74) is 1.81. The van der Waals surface area contributed by atoms with Crippen molar-refractivity contribution < 1.29 is 4.39 Å². The fourth-order valence-corrected chi connectivity index (χ4v) is 0.863. The lowest BCUT2D eigenvalue weighted by Gasteiger charge is -2.12. The Morgan fingerprint density at radius 2 is 1.85 bits per heavy atom. The zero-order chi connectivity index (χ0) is 9.84. The number of allylic oxidation sites excluding steroid dienone is 1. The summed E-state index contributed by atoms with van der Waals surface area (Å²) in [7, 11) is 0. The third-order valence-corrected chi connectivity index (χ3v) is 1.85. The van der Waals surface area contributed by atoms with Gasteiger partial charge in [0.15, 0.2) is 0 Å². The van der Waals surface area contributed by atoms with Gasteiger partial charge in [0.05, 0.1) is 0 Å². The fourth-order valence-electron chi connectivity index (χ4n) is 0.863. The van der Waals surface area contributed by atoms with Gasteiger partial charge < -0.3 is 5.32 Å². The molecule has 0 bridgehead atoms. The first kappa shape index (κ1) is 9.78. The van der Waals surface area contributed by atoms with Crippen molar-refractivity contribution in [2.24, 2.45) is 5.92 Å². The first-order valence-electron chi connectivity index (χ1n) is 4.31. The summed E-state index contributed by atoms with van der Waals surface area (Å²) in [5, 5.41) is 3.11. The van der Waals surface area contributed by atoms with Crippen molar-refractivity contribution in [3.8, 4) is 0 Å². The molecule has 1 aromatic carbocycles. The Kier molecular flexibility index (Phi) is 3.07. The van der Waals surface area contributed by atoms with Gasteiger partial charge in [-0.05, 0) is 30.2 Å². The second-order valence-electron chi connectivity index (χ2n) is 3.31. The normalized spacial score (nSPS) is 10.2. The second-order valence-corrected chi connectivity index (χ2v) is 3.31. The van der Waals surface area contributed by atoms with Gasteiger partial charge in [-0.25, -0.2) is 4.39 Å². The third-order valence-electron chi connectivity index (χ3n) is 1.85. The predicted molar refractivity (Wildman–Crippen MR) is 54.0 cm³/mol. The van der Waals surface area contributed by atoms with Gasteiger partial charge in [-0.1, -0.05) is 20.4 Å². The van der Waals surface area contributed by atoms with E-state index in [-0.39, 0.29) is 5.82 Å². The average molecular weight is 179 g/mol. The lowest BCUT2D eigenvalue weighted by Crippen LogP contribution is -2.04. The van der Waals surface area contributed by atoms with Crippen molar-refractivity contribution in [1.29, 1.82) is 0 Å². The van der Waals surface area contributed by atoms with Gasteiger partial charge in [0.1, 0.15) is 5.82 Å². The van der Waals surface area contributed by atoms with Gasteiger partial charge in [0.2, 0.25) is 0 Å². The standard InChI is InChI=1S/C11H14FN/c1-8(2)9(3)13-11-6-4-10(12)5-7-11/h4-8,13H,3H2,1-2H3. The van der Waals surface area contributed by atoms with Crippen LogP contribution in [-0.2, 0) is 0 Å². The molecule has 0 fully saturated rings. The number of rotatable bonds is 3. The molecule has 1 aromatic rings. The molecule has 0 aliphatic carbocycles. The molecule has 0 aliphatic rings. The molecule has 0 amide bonds. The number of hydrogen-bond donors (Lipinski definition) is 1. The summed E-state index contributed by atoms with van der Waals surface area (Å²) in [6, 6.07) is 6.25. The fraction of sp³-hybridized carbons (Fsp3) is 0.273. The van der Waals surface area contributed by atoms with E-state index in [1.54, 1.807) is 12.1 Å². The molecule has 0 saturated carbocycles. The van der Waals surface area contributed by atoms with Crippen molar-refractivity contribution >= 4 is 5.69 Å². The number of nitrogens with one attached hydrogen (secondary N) is 1. The van der Waals surface area contributed by atoms with E-state index in [1.807, 2.05) is 0 Å². The van der Waals surface area contributed by atoms with Gasteiger partial charge in [0, 0.05) is 11.4 Å². The zero-order valence-electron chi connectivity index (χ0n) is 7.97. The minimum absolute atomic E-state index is 0.222. The molecule has 70 valence electrons. The van der Waals surface area contributed by atoms with E-state index in [9.17, 15) is 4.39 Å². The van der Waals surface area contributed by atoms with E-state index in [0.29, 0.717) is 5.92 Å². The van der Waals surface area contributed by atoms with Crippen molar-refractivity contribution in [1.82, 2.24) is 0 Å². The molecule has 0 atom stereocenters. The van der Waals surface area contributed by atoms with Gasteiger partial charge >= 0.3 is 0 Å². The molecule has 13 heavy (non-hydrogen) atoms. The largest absolute Gasteiger partial charge is 0.359 e. The summed E-state index contributed by atoms with van der Waals surface area (Å²) < 4.78 is 12.5. The van der Waals surface area contributed by atoms with Crippen LogP contribution in [0.3, 0.4) is 0 Å². The minimum atomic E-state index is -0.222. The van der Waals surface area contributed by atoms with Crippen molar-refractivity contribution in [3.05, 3.63) is 42.4 Å². The van der Waals surface area contributed by atoms with Gasteiger partial charge in [-0.15, -0.1) is 0 Å². The Bertz CT molecular complexity index is 287. The maximum absolute atomic E-state index is 12.5. The SMILES string of the molecule is C=C(Nc1ccc(F)cc1)C(C)C. The third kappa shape index (κ3) is 2.90. The Balaban J connectivity index is 2.65. The average Bonchev–Trinajstić information content (AvgIpc) is 2.08. The highest BCUT2D eigenvalue weighted by molar-refractivity contribution is 5.47. The maximum Gasteiger partial charge on any atom is 0.123 e. The Morgan fingerprint density at radius 3 is 2.31 bits per heavy atom. The smallest absolute Gasteiger partial charge is 0.123 e. The van der Waals surface area contributed by atoms with Crippen LogP contribution in [0.25, 0.3) is 0 Å². The molecule has 0 heterocycles. The van der Waals surface area contributed by atoms with Crippen LogP contribution in [0.4, 0.5) is 10.1 Å². The summed E-state index contributed by atoms with van der Waals surface area (Å²) in [4.78, 5) is 0. The Labute approximate surface area is 78.3 Å². The van der Waals surface area contributed by atoms with Crippen molar-refractivity contribution in [2.45, 2.75) is 13.8 Å². The highest BCUT2D eigenvalue weighted by Crippen LogP contribution is 2.14. The van der Waals surface area contributed by atoms with Gasteiger partial charge in [-0.3, -0.25) is 0 Å². The molecule has 0 aromatic heterocycles. The van der Waals surface area contributed by atoms with Gasteiger partial charge in [0.25, 0.3) is 0 Å². The van der Waals surface area contributed by atoms with Crippen LogP contribution in [0, 0.1) is 11.7 Å². The van der Waals surface area contributed by atoms with Crippen molar-refractivity contribution in [3.63, 3.8) is 0 Å². The monoisotopic (exact) mass is 179 g/mol. The van der Waals surface area contributed by atoms with Gasteiger partial charge in [-0.2, -0.15) is 0 Å². The predicted octanol–water partition coefficient (Wildman–Crippen LogP) is 3.41. The lowest BCUT2D eigenvalue weighted by atomic mass is 10.1. The van der Waals surface area contributed by atoms with Crippen LogP contribution >= 0.6 is 0 Å². The molecule has 0 spiro atoms. The Morgan fingerprint density at radius 1 is 1.31 bits per heavy atom. The van der Waals surface area contributed by atoms with E-state index in [0.717, 1.165) is 11.4 Å². The zero-order valence-corrected chi connectivity index (χ0v) is 7.97. The van der Waals surface area contributed by atoms with E-state index in [1.165, 1.54) is 12.1 Å². The molecular formula is C11H14FN. The summed E-state index contributed by atoms with van der Waals surface area (Å²) in [6.07, 6.45) is 0. The van der Waals surface area contributed by atoms with E-state index >= 15 is 0 Å². The molecular weight excluding hydrogens is 165 g/mol. The van der Waals surface area contributed by atoms with Crippen LogP contribution < -0.4 is 5.32 Å². The summed E-state index contributed by atoms with van der Waals surface area (Å²) in [5.74, 6) is 0.158. The molecule has 0 saturated heterocycles. The molecule has 0 unspecified atom stereocenters. The van der Waals surface area contributed by atoms with Crippen LogP contribution in [0.5, 0.6) is 0 Å². The first-order valence-corrected chi connectivity index (χ1v) is 4.31. The lowest BCUT2D eigenvalue weighted by molar-refractivity contribution is 0.628. The molecule has 1 rings (SSSR count). The van der Waals surface area contributed by atoms with Crippen LogP contribution in [0.2, 0.25) is 0 Å². The second kappa shape index (κ2) is 4.08. The molecule has 1 N–H and O–H groups in total. The number of benzene rings is 1. The highest BCUT2D eigenvalue weighted by Gasteiger charge is 1.99. The van der Waals surface area contributed by atoms with Crippen LogP contribution in [0.15, 0.2) is 36.5 Å². The van der Waals surface area contributed by atoms with Crippen LogP contribution in [0.1, 0.15) is 13.8 Å². The van der Waals surface area contributed by atoms with E-state index < -0.39 is 0 Å². The Hall–Kier alpha value is -1.31. The minimum Gasteiger partial charge on any atom is -0.359 e. The van der Waals surface area contributed by atoms with E-state index in [4.69, 9.17) is 0 Å². The number of anilines is 1. The molecule has 2 heteroatoms. The maximum atomic E-state index is 12.5. The first-order chi connectivity index (χ1) is 6.09. The molecule has 0 radical (unpaired) electrons. The quantitative estimate of drug-likeness (QED) is 0.749. The highest BCUT2D eigenvalue weighted by atomic mass is 19.1. The summed E-state index contributed by atoms with van der Waals surface area (Å²) >= 11 is 0. The van der Waals surface area contributed by atoms with Crippen molar-refractivity contribution in [2.75, 3.05) is 5.32 Å². The number of hydrogen-bond acceptors (Lipinski definition) is 1. The molecule has 0 aliphatic heterocycles. The van der Waals surface area contributed by atoms with Crippen LogP contribution in [-0.4, -0.2) is 0 Å². The molecule has 1 nitrogen and oxygen atoms in total. The van der Waals surface area contributed by atoms with E-state index in [2.05, 4.69) is 25.7 Å².